The minimum Gasteiger partial charge on any atom is -0.483 e. The fourth-order valence-electron chi connectivity index (χ4n) is 1.17. The van der Waals surface area contributed by atoms with E-state index in [9.17, 15) is 4.39 Å². The highest BCUT2D eigenvalue weighted by molar-refractivity contribution is 9.10. The predicted octanol–water partition coefficient (Wildman–Crippen LogP) is 4.52. The third kappa shape index (κ3) is 2.86. The highest BCUT2D eigenvalue weighted by Crippen LogP contribution is 2.23. The van der Waals surface area contributed by atoms with E-state index in [4.69, 9.17) is 9.15 Å². The van der Waals surface area contributed by atoms with Crippen LogP contribution in [0.1, 0.15) is 5.76 Å². The van der Waals surface area contributed by atoms with Crippen molar-refractivity contribution in [2.24, 2.45) is 0 Å². The van der Waals surface area contributed by atoms with E-state index in [0.29, 0.717) is 10.4 Å². The predicted molar refractivity (Wildman–Crippen MR) is 64.8 cm³/mol. The molecule has 1 heterocycles. The van der Waals surface area contributed by atoms with Crippen LogP contribution in [-0.2, 0) is 6.61 Å². The van der Waals surface area contributed by atoms with Crippen molar-refractivity contribution >= 4 is 31.9 Å². The van der Waals surface area contributed by atoms with E-state index in [2.05, 4.69) is 31.9 Å². The van der Waals surface area contributed by atoms with Gasteiger partial charge in [0.1, 0.15) is 12.4 Å². The molecule has 2 nitrogen and oxygen atoms in total. The van der Waals surface area contributed by atoms with Gasteiger partial charge < -0.3 is 9.15 Å². The zero-order valence-corrected chi connectivity index (χ0v) is 11.2. The average Bonchev–Trinajstić information content (AvgIpc) is 2.66. The topological polar surface area (TPSA) is 22.4 Å². The van der Waals surface area contributed by atoms with Crippen LogP contribution in [0.25, 0.3) is 0 Å². The Balaban J connectivity index is 2.07. The highest BCUT2D eigenvalue weighted by Gasteiger charge is 2.06. The summed E-state index contributed by atoms with van der Waals surface area (Å²) in [7, 11) is 0. The molecule has 0 spiro atoms. The zero-order valence-electron chi connectivity index (χ0n) is 8.04. The van der Waals surface area contributed by atoms with E-state index in [1.54, 1.807) is 24.3 Å². The van der Waals surface area contributed by atoms with Gasteiger partial charge in [0.25, 0.3) is 0 Å². The summed E-state index contributed by atoms with van der Waals surface area (Å²) < 4.78 is 25.2. The second-order valence-electron chi connectivity index (χ2n) is 3.07. The molecule has 0 amide bonds. The molecule has 1 aromatic carbocycles. The van der Waals surface area contributed by atoms with Gasteiger partial charge in [-0.25, -0.2) is 4.39 Å². The van der Waals surface area contributed by atoms with Gasteiger partial charge >= 0.3 is 0 Å². The van der Waals surface area contributed by atoms with Crippen molar-refractivity contribution in [1.82, 2.24) is 0 Å². The third-order valence-electron chi connectivity index (χ3n) is 1.89. The number of benzene rings is 1. The maximum atomic E-state index is 13.3. The smallest absolute Gasteiger partial charge is 0.169 e. The molecule has 0 aliphatic rings. The molecular weight excluding hydrogens is 343 g/mol. The third-order valence-corrected chi connectivity index (χ3v) is 2.81. The van der Waals surface area contributed by atoms with Crippen LogP contribution in [0.3, 0.4) is 0 Å². The monoisotopic (exact) mass is 348 g/mol. The molecule has 1 aromatic heterocycles. The van der Waals surface area contributed by atoms with Gasteiger partial charge in [-0.3, -0.25) is 0 Å². The number of furan rings is 1. The first-order valence-corrected chi connectivity index (χ1v) is 6.06. The van der Waals surface area contributed by atoms with Crippen molar-refractivity contribution in [2.45, 2.75) is 6.61 Å². The Labute approximate surface area is 109 Å². The van der Waals surface area contributed by atoms with Crippen LogP contribution in [-0.4, -0.2) is 0 Å². The standard InChI is InChI=1S/C11H7Br2FO2/c12-7-1-3-9(14)10(5-7)15-6-8-2-4-11(13)16-8/h1-5H,6H2. The molecule has 0 fully saturated rings. The van der Waals surface area contributed by atoms with Gasteiger partial charge in [0.2, 0.25) is 0 Å². The van der Waals surface area contributed by atoms with Gasteiger partial charge in [0.15, 0.2) is 16.2 Å². The van der Waals surface area contributed by atoms with Crippen LogP contribution < -0.4 is 4.74 Å². The Bertz CT molecular complexity index is 496. The molecule has 84 valence electrons. The van der Waals surface area contributed by atoms with Crippen LogP contribution in [0.15, 0.2) is 43.9 Å². The Morgan fingerprint density at radius 2 is 2.00 bits per heavy atom. The highest BCUT2D eigenvalue weighted by atomic mass is 79.9. The first-order chi connectivity index (χ1) is 7.65. The summed E-state index contributed by atoms with van der Waals surface area (Å²) in [6, 6.07) is 8.06. The van der Waals surface area contributed by atoms with Gasteiger partial charge in [-0.15, -0.1) is 0 Å². The maximum absolute atomic E-state index is 13.3. The second-order valence-corrected chi connectivity index (χ2v) is 4.77. The van der Waals surface area contributed by atoms with Gasteiger partial charge in [0, 0.05) is 4.47 Å². The van der Waals surface area contributed by atoms with E-state index < -0.39 is 5.82 Å². The summed E-state index contributed by atoms with van der Waals surface area (Å²) in [5.74, 6) is 0.432. The van der Waals surface area contributed by atoms with Gasteiger partial charge in [-0.05, 0) is 46.3 Å². The molecular formula is C11H7Br2FO2. The normalized spacial score (nSPS) is 10.4. The number of ether oxygens (including phenoxy) is 1. The summed E-state index contributed by atoms with van der Waals surface area (Å²) in [5.41, 5.74) is 0. The van der Waals surface area contributed by atoms with Crippen LogP contribution in [0, 0.1) is 5.82 Å². The Morgan fingerprint density at radius 3 is 2.69 bits per heavy atom. The summed E-state index contributed by atoms with van der Waals surface area (Å²) in [6.45, 7) is 0.193. The molecule has 0 aliphatic carbocycles. The summed E-state index contributed by atoms with van der Waals surface area (Å²) in [4.78, 5) is 0. The van der Waals surface area contributed by atoms with Crippen molar-refractivity contribution in [3.63, 3.8) is 0 Å². The van der Waals surface area contributed by atoms with E-state index in [1.807, 2.05) is 0 Å². The van der Waals surface area contributed by atoms with E-state index in [-0.39, 0.29) is 12.4 Å². The number of halogens is 3. The van der Waals surface area contributed by atoms with Gasteiger partial charge in [-0.2, -0.15) is 0 Å². The molecule has 0 N–H and O–H groups in total. The lowest BCUT2D eigenvalue weighted by Gasteiger charge is -2.05. The molecule has 0 unspecified atom stereocenters. The molecule has 2 rings (SSSR count). The molecule has 0 atom stereocenters. The Morgan fingerprint density at radius 1 is 1.19 bits per heavy atom. The number of hydrogen-bond donors (Lipinski definition) is 0. The van der Waals surface area contributed by atoms with Crippen molar-refractivity contribution in [1.29, 1.82) is 0 Å². The number of hydrogen-bond acceptors (Lipinski definition) is 2. The van der Waals surface area contributed by atoms with E-state index in [1.165, 1.54) is 6.07 Å². The minimum absolute atomic E-state index is 0.193. The summed E-state index contributed by atoms with van der Waals surface area (Å²) in [5, 5.41) is 0. The molecule has 5 heteroatoms. The largest absolute Gasteiger partial charge is 0.483 e. The van der Waals surface area contributed by atoms with Crippen molar-refractivity contribution in [3.05, 3.63) is 51.1 Å². The molecule has 0 bridgehead atoms. The molecule has 0 aliphatic heterocycles. The number of rotatable bonds is 3. The summed E-state index contributed by atoms with van der Waals surface area (Å²) in [6.07, 6.45) is 0. The first-order valence-electron chi connectivity index (χ1n) is 4.47. The van der Waals surface area contributed by atoms with E-state index >= 15 is 0 Å². The molecule has 2 aromatic rings. The van der Waals surface area contributed by atoms with Crippen LogP contribution in [0.5, 0.6) is 5.75 Å². The fraction of sp³-hybridized carbons (Fsp3) is 0.0909. The lowest BCUT2D eigenvalue weighted by molar-refractivity contribution is 0.256. The zero-order chi connectivity index (χ0) is 11.5. The minimum atomic E-state index is -0.395. The van der Waals surface area contributed by atoms with Crippen LogP contribution >= 0.6 is 31.9 Å². The quantitative estimate of drug-likeness (QED) is 0.812. The SMILES string of the molecule is Fc1ccc(Br)cc1OCc1ccc(Br)o1. The molecule has 0 saturated heterocycles. The van der Waals surface area contributed by atoms with E-state index in [0.717, 1.165) is 4.47 Å². The van der Waals surface area contributed by atoms with Gasteiger partial charge in [0.05, 0.1) is 0 Å². The molecule has 0 saturated carbocycles. The van der Waals surface area contributed by atoms with Crippen molar-refractivity contribution < 1.29 is 13.5 Å². The van der Waals surface area contributed by atoms with Gasteiger partial charge in [-0.1, -0.05) is 15.9 Å². The summed E-state index contributed by atoms with van der Waals surface area (Å²) >= 11 is 6.43. The first kappa shape index (κ1) is 11.7. The fourth-order valence-corrected chi connectivity index (χ4v) is 1.85. The Kier molecular flexibility index (Phi) is 3.66. The van der Waals surface area contributed by atoms with Crippen molar-refractivity contribution in [2.75, 3.05) is 0 Å². The molecule has 16 heavy (non-hydrogen) atoms. The van der Waals surface area contributed by atoms with Crippen LogP contribution in [0.2, 0.25) is 0 Å². The lowest BCUT2D eigenvalue weighted by Crippen LogP contribution is -1.95. The van der Waals surface area contributed by atoms with Crippen LogP contribution in [0.4, 0.5) is 4.39 Å². The average molecular weight is 350 g/mol. The molecule has 0 radical (unpaired) electrons. The Hall–Kier alpha value is -0.810. The van der Waals surface area contributed by atoms with Crippen molar-refractivity contribution in [3.8, 4) is 5.75 Å². The maximum Gasteiger partial charge on any atom is 0.169 e. The second kappa shape index (κ2) is 5.01. The lowest BCUT2D eigenvalue weighted by atomic mass is 10.3.